The topological polar surface area (TPSA) is 78.5 Å². The Morgan fingerprint density at radius 3 is 2.60 bits per heavy atom. The molecule has 0 saturated carbocycles. The number of anilines is 1. The summed E-state index contributed by atoms with van der Waals surface area (Å²) in [7, 11) is -3.59. The van der Waals surface area contributed by atoms with Crippen LogP contribution >= 0.6 is 0 Å². The summed E-state index contributed by atoms with van der Waals surface area (Å²) < 4.78 is 26.0. The first-order valence-corrected chi connectivity index (χ1v) is 8.09. The zero-order chi connectivity index (χ0) is 14.6. The zero-order valence-corrected chi connectivity index (χ0v) is 12.2. The van der Waals surface area contributed by atoms with Crippen molar-refractivity contribution in [2.45, 2.75) is 18.2 Å². The first kappa shape index (κ1) is 14.8. The first-order chi connectivity index (χ1) is 9.54. The van der Waals surface area contributed by atoms with Gasteiger partial charge in [-0.2, -0.15) is 4.31 Å². The highest BCUT2D eigenvalue weighted by molar-refractivity contribution is 7.89. The number of nitrogens with zero attached hydrogens (tertiary/aromatic N) is 1. The fourth-order valence-corrected chi connectivity index (χ4v) is 3.38. The van der Waals surface area contributed by atoms with Gasteiger partial charge in [-0.15, -0.1) is 0 Å². The highest BCUT2D eigenvalue weighted by Gasteiger charge is 2.28. The Balaban J connectivity index is 2.14. The van der Waals surface area contributed by atoms with Gasteiger partial charge in [0.05, 0.1) is 11.4 Å². The zero-order valence-electron chi connectivity index (χ0n) is 11.4. The largest absolute Gasteiger partial charge is 0.385 e. The lowest BCUT2D eigenvalue weighted by Gasteiger charge is -2.25. The summed E-state index contributed by atoms with van der Waals surface area (Å²) >= 11 is 0. The molecule has 0 unspecified atom stereocenters. The minimum atomic E-state index is -3.59. The van der Waals surface area contributed by atoms with E-state index in [0.29, 0.717) is 13.1 Å². The van der Waals surface area contributed by atoms with E-state index in [4.69, 9.17) is 0 Å². The predicted molar refractivity (Wildman–Crippen MR) is 77.0 cm³/mol. The summed E-state index contributed by atoms with van der Waals surface area (Å²) in [5.74, 6) is -0.263. The van der Waals surface area contributed by atoms with E-state index in [1.54, 1.807) is 24.3 Å². The first-order valence-electron chi connectivity index (χ1n) is 6.65. The van der Waals surface area contributed by atoms with Gasteiger partial charge in [0, 0.05) is 25.3 Å². The van der Waals surface area contributed by atoms with Gasteiger partial charge in [-0.25, -0.2) is 8.42 Å². The number of nitrogens with one attached hydrogen (secondary N) is 2. The summed E-state index contributed by atoms with van der Waals surface area (Å²) in [5, 5.41) is 5.80. The number of amides is 1. The molecule has 7 heteroatoms. The normalized spacial score (nSPS) is 16.8. The van der Waals surface area contributed by atoms with Crippen molar-refractivity contribution in [2.75, 3.05) is 31.5 Å². The lowest BCUT2D eigenvalue weighted by molar-refractivity contribution is -0.122. The van der Waals surface area contributed by atoms with Crippen molar-refractivity contribution >= 4 is 21.6 Å². The van der Waals surface area contributed by atoms with Gasteiger partial charge in [-0.1, -0.05) is 6.92 Å². The van der Waals surface area contributed by atoms with Gasteiger partial charge in [0.2, 0.25) is 15.9 Å². The summed E-state index contributed by atoms with van der Waals surface area (Å²) in [6.07, 6.45) is 1.00. The molecule has 0 radical (unpaired) electrons. The maximum absolute atomic E-state index is 12.4. The number of rotatable bonds is 5. The fraction of sp³-hybridized carbons (Fsp3) is 0.462. The van der Waals surface area contributed by atoms with E-state index in [-0.39, 0.29) is 17.3 Å². The SMILES string of the molecule is CCCNc1ccc(S(=O)(=O)N2CCNC(=O)C2)cc1. The molecule has 20 heavy (non-hydrogen) atoms. The number of carbonyl (C=O) groups excluding carboxylic acids is 1. The van der Waals surface area contributed by atoms with Crippen molar-refractivity contribution < 1.29 is 13.2 Å². The molecule has 1 aliphatic heterocycles. The Morgan fingerprint density at radius 1 is 1.30 bits per heavy atom. The van der Waals surface area contributed by atoms with Gasteiger partial charge in [0.15, 0.2) is 0 Å². The molecule has 110 valence electrons. The van der Waals surface area contributed by atoms with Crippen molar-refractivity contribution in [2.24, 2.45) is 0 Å². The molecule has 0 aliphatic carbocycles. The molecule has 1 aliphatic rings. The average Bonchev–Trinajstić information content (AvgIpc) is 2.45. The van der Waals surface area contributed by atoms with E-state index in [1.165, 1.54) is 4.31 Å². The van der Waals surface area contributed by atoms with Crippen molar-refractivity contribution in [1.29, 1.82) is 0 Å². The Labute approximate surface area is 119 Å². The van der Waals surface area contributed by atoms with Crippen LogP contribution in [0.4, 0.5) is 5.69 Å². The van der Waals surface area contributed by atoms with Crippen molar-refractivity contribution in [3.05, 3.63) is 24.3 Å². The highest BCUT2D eigenvalue weighted by Crippen LogP contribution is 2.18. The molecule has 1 amide bonds. The van der Waals surface area contributed by atoms with E-state index in [1.807, 2.05) is 0 Å². The number of hydrogen-bond donors (Lipinski definition) is 2. The second kappa shape index (κ2) is 6.23. The van der Waals surface area contributed by atoms with Crippen LogP contribution in [0, 0.1) is 0 Å². The molecule has 6 nitrogen and oxygen atoms in total. The van der Waals surface area contributed by atoms with Crippen molar-refractivity contribution in [3.8, 4) is 0 Å². The Morgan fingerprint density at radius 2 is 2.00 bits per heavy atom. The molecule has 0 atom stereocenters. The predicted octanol–water partition coefficient (Wildman–Crippen LogP) is 0.629. The van der Waals surface area contributed by atoms with Gasteiger partial charge in [-0.05, 0) is 30.7 Å². The number of benzene rings is 1. The third kappa shape index (κ3) is 3.29. The van der Waals surface area contributed by atoms with Crippen LogP contribution < -0.4 is 10.6 Å². The smallest absolute Gasteiger partial charge is 0.243 e. The van der Waals surface area contributed by atoms with Crippen LogP contribution in [-0.2, 0) is 14.8 Å². The monoisotopic (exact) mass is 297 g/mol. The molecule has 0 spiro atoms. The number of hydrogen-bond acceptors (Lipinski definition) is 4. The molecule has 1 aromatic rings. The molecule has 1 aromatic carbocycles. The maximum Gasteiger partial charge on any atom is 0.243 e. The van der Waals surface area contributed by atoms with E-state index in [9.17, 15) is 13.2 Å². The molecular formula is C13H19N3O3S. The third-order valence-electron chi connectivity index (χ3n) is 3.07. The number of piperazine rings is 1. The van der Waals surface area contributed by atoms with Crippen LogP contribution in [0.2, 0.25) is 0 Å². The van der Waals surface area contributed by atoms with Crippen LogP contribution in [0.3, 0.4) is 0 Å². The van der Waals surface area contributed by atoms with Crippen LogP contribution in [0.25, 0.3) is 0 Å². The van der Waals surface area contributed by atoms with Gasteiger partial charge in [-0.3, -0.25) is 4.79 Å². The summed E-state index contributed by atoms with van der Waals surface area (Å²) in [5.41, 5.74) is 0.891. The van der Waals surface area contributed by atoms with Crippen LogP contribution in [0.15, 0.2) is 29.2 Å². The van der Waals surface area contributed by atoms with E-state index in [2.05, 4.69) is 17.6 Å². The van der Waals surface area contributed by atoms with E-state index < -0.39 is 10.0 Å². The minimum absolute atomic E-state index is 0.113. The van der Waals surface area contributed by atoms with Crippen molar-refractivity contribution in [1.82, 2.24) is 9.62 Å². The molecule has 0 bridgehead atoms. The molecule has 2 N–H and O–H groups in total. The molecule has 2 rings (SSSR count). The van der Waals surface area contributed by atoms with E-state index in [0.717, 1.165) is 18.7 Å². The van der Waals surface area contributed by atoms with Crippen LogP contribution in [0.1, 0.15) is 13.3 Å². The summed E-state index contributed by atoms with van der Waals surface area (Å²) in [6, 6.07) is 6.62. The van der Waals surface area contributed by atoms with Gasteiger partial charge in [0.1, 0.15) is 0 Å². The molecule has 1 heterocycles. The molecule has 0 aromatic heterocycles. The standard InChI is InChI=1S/C13H19N3O3S/c1-2-7-14-11-3-5-12(6-4-11)20(18,19)16-9-8-15-13(17)10-16/h3-6,14H,2,7-10H2,1H3,(H,15,17). The molecular weight excluding hydrogens is 278 g/mol. The lowest BCUT2D eigenvalue weighted by atomic mass is 10.3. The second-order valence-corrected chi connectivity index (χ2v) is 6.58. The molecule has 1 fully saturated rings. The van der Waals surface area contributed by atoms with Gasteiger partial charge >= 0.3 is 0 Å². The van der Waals surface area contributed by atoms with Crippen LogP contribution in [-0.4, -0.2) is 44.8 Å². The van der Waals surface area contributed by atoms with Crippen molar-refractivity contribution in [3.63, 3.8) is 0 Å². The summed E-state index contributed by atoms with van der Waals surface area (Å²) in [6.45, 7) is 3.46. The third-order valence-corrected chi connectivity index (χ3v) is 4.93. The Hall–Kier alpha value is -1.60. The fourth-order valence-electron chi connectivity index (χ4n) is 1.98. The Kier molecular flexibility index (Phi) is 4.61. The minimum Gasteiger partial charge on any atom is -0.385 e. The molecule has 1 saturated heterocycles. The second-order valence-electron chi connectivity index (χ2n) is 4.64. The Bertz CT molecular complexity index is 569. The lowest BCUT2D eigenvalue weighted by Crippen LogP contribution is -2.49. The average molecular weight is 297 g/mol. The number of carbonyl (C=O) groups is 1. The highest BCUT2D eigenvalue weighted by atomic mass is 32.2. The summed E-state index contributed by atoms with van der Waals surface area (Å²) in [4.78, 5) is 11.5. The maximum atomic E-state index is 12.4. The van der Waals surface area contributed by atoms with Crippen LogP contribution in [0.5, 0.6) is 0 Å². The number of sulfonamides is 1. The van der Waals surface area contributed by atoms with E-state index >= 15 is 0 Å². The van der Waals surface area contributed by atoms with Gasteiger partial charge in [0.25, 0.3) is 0 Å². The van der Waals surface area contributed by atoms with Gasteiger partial charge < -0.3 is 10.6 Å². The quantitative estimate of drug-likeness (QED) is 0.835.